The number of benzene rings is 3. The minimum Gasteiger partial charge on any atom is -0.361 e. The molecule has 0 spiro atoms. The van der Waals surface area contributed by atoms with E-state index in [1.165, 1.54) is 6.07 Å². The fraction of sp³-hybridized carbons (Fsp3) is 0.111. The molecule has 0 fully saturated rings. The summed E-state index contributed by atoms with van der Waals surface area (Å²) >= 11 is 6.46. The zero-order valence-corrected chi connectivity index (χ0v) is 19.3. The molecule has 3 aromatic carbocycles. The van der Waals surface area contributed by atoms with Gasteiger partial charge in [-0.15, -0.1) is 0 Å². The topological polar surface area (TPSA) is 61.0 Å². The molecule has 35 heavy (non-hydrogen) atoms. The summed E-state index contributed by atoms with van der Waals surface area (Å²) in [5.74, 6) is -1.56. The number of aromatic nitrogens is 2. The van der Waals surface area contributed by atoms with Gasteiger partial charge in [-0.25, -0.2) is 18.6 Å². The second kappa shape index (κ2) is 9.72. The first-order chi connectivity index (χ1) is 17.0. The molecule has 5 nitrogen and oxygen atoms in total. The summed E-state index contributed by atoms with van der Waals surface area (Å²) < 4.78 is 27.5. The number of para-hydroxylation sites is 2. The van der Waals surface area contributed by atoms with Gasteiger partial charge in [0.2, 0.25) is 0 Å². The van der Waals surface area contributed by atoms with Gasteiger partial charge < -0.3 is 15.2 Å². The van der Waals surface area contributed by atoms with E-state index in [1.54, 1.807) is 4.90 Å². The molecule has 0 bridgehead atoms. The summed E-state index contributed by atoms with van der Waals surface area (Å²) in [7, 11) is 0. The van der Waals surface area contributed by atoms with Gasteiger partial charge in [0.25, 0.3) is 0 Å². The Bertz CT molecular complexity index is 1530. The fourth-order valence-corrected chi connectivity index (χ4v) is 4.29. The van der Waals surface area contributed by atoms with Crippen molar-refractivity contribution in [1.29, 1.82) is 0 Å². The largest absolute Gasteiger partial charge is 0.361 e. The first-order valence-electron chi connectivity index (χ1n) is 11.1. The third-order valence-corrected chi connectivity index (χ3v) is 6.22. The second-order valence-corrected chi connectivity index (χ2v) is 8.57. The number of nitrogens with zero attached hydrogens (tertiary/aromatic N) is 2. The number of halogens is 3. The fourth-order valence-electron chi connectivity index (χ4n) is 4.08. The van der Waals surface area contributed by atoms with Crippen molar-refractivity contribution in [2.75, 3.05) is 11.9 Å². The normalized spacial score (nSPS) is 11.2. The number of carbonyl (C=O) groups excluding carboxylic acids is 1. The van der Waals surface area contributed by atoms with Crippen LogP contribution in [-0.4, -0.2) is 27.4 Å². The lowest BCUT2D eigenvalue weighted by Gasteiger charge is -2.24. The number of aromatic amines is 1. The molecular weight excluding hydrogens is 470 g/mol. The first-order valence-corrected chi connectivity index (χ1v) is 11.5. The van der Waals surface area contributed by atoms with E-state index in [-0.39, 0.29) is 12.2 Å². The van der Waals surface area contributed by atoms with Crippen LogP contribution in [0.4, 0.5) is 19.3 Å². The molecule has 2 aromatic heterocycles. The second-order valence-electron chi connectivity index (χ2n) is 8.22. The number of fused-ring (bicyclic) bond motifs is 2. The number of hydrogen-bond acceptors (Lipinski definition) is 2. The van der Waals surface area contributed by atoms with Crippen LogP contribution in [0.1, 0.15) is 11.1 Å². The standard InChI is InChI=1S/C27H21ClF2N4O/c28-26-19(13-17-5-1-3-7-23(17)32-26)16-34(27(35)33-25-10-9-20(29)14-22(25)30)12-11-18-15-31-24-8-4-2-6-21(18)24/h1-10,13-15,31H,11-12,16H2,(H,33,35). The number of H-pyrrole nitrogens is 1. The predicted octanol–water partition coefficient (Wildman–Crippen LogP) is 6.92. The smallest absolute Gasteiger partial charge is 0.322 e. The van der Waals surface area contributed by atoms with E-state index in [0.29, 0.717) is 23.7 Å². The van der Waals surface area contributed by atoms with E-state index in [0.717, 1.165) is 39.5 Å². The Morgan fingerprint density at radius 2 is 1.80 bits per heavy atom. The Kier molecular flexibility index (Phi) is 6.33. The minimum absolute atomic E-state index is 0.101. The molecule has 0 atom stereocenters. The summed E-state index contributed by atoms with van der Waals surface area (Å²) in [6.07, 6.45) is 2.48. The van der Waals surface area contributed by atoms with Crippen LogP contribution in [0, 0.1) is 11.6 Å². The number of amides is 2. The molecule has 0 aliphatic heterocycles. The molecule has 0 radical (unpaired) electrons. The SMILES string of the molecule is O=C(Nc1ccc(F)cc1F)N(CCc1c[nH]c2ccccc12)Cc1cc2ccccc2nc1Cl. The number of carbonyl (C=O) groups is 1. The van der Waals surface area contributed by atoms with Crippen LogP contribution in [0.3, 0.4) is 0 Å². The molecule has 2 amide bonds. The molecule has 5 aromatic rings. The number of hydrogen-bond donors (Lipinski definition) is 2. The van der Waals surface area contributed by atoms with E-state index in [4.69, 9.17) is 11.6 Å². The third-order valence-electron chi connectivity index (χ3n) is 5.90. The van der Waals surface area contributed by atoms with Crippen LogP contribution in [0.25, 0.3) is 21.8 Å². The number of nitrogens with one attached hydrogen (secondary N) is 2. The van der Waals surface area contributed by atoms with Crippen LogP contribution in [0.15, 0.2) is 79.0 Å². The summed E-state index contributed by atoms with van der Waals surface area (Å²) in [4.78, 5) is 22.5. The Morgan fingerprint density at radius 1 is 1.00 bits per heavy atom. The van der Waals surface area contributed by atoms with Crippen LogP contribution in [0.5, 0.6) is 0 Å². The van der Waals surface area contributed by atoms with Crippen LogP contribution >= 0.6 is 11.6 Å². The zero-order valence-electron chi connectivity index (χ0n) is 18.6. The maximum Gasteiger partial charge on any atom is 0.322 e. The van der Waals surface area contributed by atoms with E-state index < -0.39 is 17.7 Å². The lowest BCUT2D eigenvalue weighted by molar-refractivity contribution is 0.209. The highest BCUT2D eigenvalue weighted by atomic mass is 35.5. The minimum atomic E-state index is -0.847. The summed E-state index contributed by atoms with van der Waals surface area (Å²) in [6, 6.07) is 19.9. The van der Waals surface area contributed by atoms with Gasteiger partial charge in [0.15, 0.2) is 0 Å². The van der Waals surface area contributed by atoms with Crippen LogP contribution in [0.2, 0.25) is 5.15 Å². The Labute approximate surface area is 205 Å². The van der Waals surface area contributed by atoms with Crippen molar-refractivity contribution in [3.8, 4) is 0 Å². The van der Waals surface area contributed by atoms with Crippen molar-refractivity contribution in [1.82, 2.24) is 14.9 Å². The van der Waals surface area contributed by atoms with Gasteiger partial charge in [-0.2, -0.15) is 0 Å². The molecule has 2 heterocycles. The van der Waals surface area contributed by atoms with Crippen molar-refractivity contribution in [2.45, 2.75) is 13.0 Å². The van der Waals surface area contributed by atoms with E-state index in [2.05, 4.69) is 15.3 Å². The quantitative estimate of drug-likeness (QED) is 0.254. The van der Waals surface area contributed by atoms with Gasteiger partial charge >= 0.3 is 6.03 Å². The molecule has 2 N–H and O–H groups in total. The third kappa shape index (κ3) is 4.95. The van der Waals surface area contributed by atoms with Gasteiger partial charge in [-0.1, -0.05) is 48.0 Å². The van der Waals surface area contributed by atoms with Crippen LogP contribution in [-0.2, 0) is 13.0 Å². The molecule has 0 saturated carbocycles. The zero-order chi connectivity index (χ0) is 24.4. The summed E-state index contributed by atoms with van der Waals surface area (Å²) in [5.41, 5.74) is 3.38. The van der Waals surface area contributed by atoms with Crippen molar-refractivity contribution >= 4 is 45.1 Å². The molecule has 5 rings (SSSR count). The van der Waals surface area contributed by atoms with Gasteiger partial charge in [0, 0.05) is 40.7 Å². The van der Waals surface area contributed by atoms with Gasteiger partial charge in [-0.3, -0.25) is 0 Å². The van der Waals surface area contributed by atoms with Crippen molar-refractivity contribution in [3.63, 3.8) is 0 Å². The monoisotopic (exact) mass is 490 g/mol. The molecule has 176 valence electrons. The lowest BCUT2D eigenvalue weighted by Crippen LogP contribution is -2.36. The number of rotatable bonds is 6. The van der Waals surface area contributed by atoms with Crippen LogP contribution < -0.4 is 5.32 Å². The van der Waals surface area contributed by atoms with E-state index in [1.807, 2.05) is 60.8 Å². The van der Waals surface area contributed by atoms with Gasteiger partial charge in [0.1, 0.15) is 16.8 Å². The molecular formula is C27H21ClF2N4O. The first kappa shape index (κ1) is 22.8. The van der Waals surface area contributed by atoms with E-state index in [9.17, 15) is 13.6 Å². The maximum absolute atomic E-state index is 14.2. The highest BCUT2D eigenvalue weighted by molar-refractivity contribution is 6.30. The number of pyridine rings is 1. The Balaban J connectivity index is 1.43. The van der Waals surface area contributed by atoms with Crippen molar-refractivity contribution in [2.24, 2.45) is 0 Å². The molecule has 0 unspecified atom stereocenters. The number of urea groups is 1. The molecule has 8 heteroatoms. The highest BCUT2D eigenvalue weighted by Crippen LogP contribution is 2.24. The Morgan fingerprint density at radius 3 is 2.66 bits per heavy atom. The molecule has 0 saturated heterocycles. The average Bonchev–Trinajstić information content (AvgIpc) is 3.26. The van der Waals surface area contributed by atoms with E-state index >= 15 is 0 Å². The van der Waals surface area contributed by atoms with Crippen molar-refractivity contribution < 1.29 is 13.6 Å². The summed E-state index contributed by atoms with van der Waals surface area (Å²) in [6.45, 7) is 0.493. The Hall–Kier alpha value is -3.97. The molecule has 0 aliphatic carbocycles. The maximum atomic E-state index is 14.2. The predicted molar refractivity (Wildman–Crippen MR) is 135 cm³/mol. The molecule has 0 aliphatic rings. The number of anilines is 1. The van der Waals surface area contributed by atoms with Crippen molar-refractivity contribution in [3.05, 3.63) is 107 Å². The average molecular weight is 491 g/mol. The highest BCUT2D eigenvalue weighted by Gasteiger charge is 2.19. The van der Waals surface area contributed by atoms with Gasteiger partial charge in [-0.05, 0) is 42.3 Å². The van der Waals surface area contributed by atoms with Gasteiger partial charge in [0.05, 0.1) is 17.7 Å². The lowest BCUT2D eigenvalue weighted by atomic mass is 10.1. The summed E-state index contributed by atoms with van der Waals surface area (Å²) in [5, 5.41) is 4.82.